The third-order valence-corrected chi connectivity index (χ3v) is 13.2. The highest BCUT2D eigenvalue weighted by molar-refractivity contribution is 6.03. The maximum Gasteiger partial charge on any atom is 0.416 e. The molecule has 6 atom stereocenters. The molecule has 368 valence electrons. The van der Waals surface area contributed by atoms with Gasteiger partial charge in [-0.2, -0.15) is 0 Å². The molecule has 18 nitrogen and oxygen atoms in total. The van der Waals surface area contributed by atoms with E-state index in [1.165, 1.54) is 41.3 Å². The van der Waals surface area contributed by atoms with Crippen LogP contribution in [0.5, 0.6) is 28.7 Å². The zero-order valence-corrected chi connectivity index (χ0v) is 38.6. The molecule has 4 aromatic carbocycles. The highest BCUT2D eigenvalue weighted by Crippen LogP contribution is 2.62. The lowest BCUT2D eigenvalue weighted by molar-refractivity contribution is -0.385. The van der Waals surface area contributed by atoms with Gasteiger partial charge in [0.1, 0.15) is 36.5 Å². The summed E-state index contributed by atoms with van der Waals surface area (Å²) in [7, 11) is 0. The molecule has 0 radical (unpaired) electrons. The van der Waals surface area contributed by atoms with E-state index in [0.717, 1.165) is 24.0 Å². The molecule has 2 aliphatic carbocycles. The van der Waals surface area contributed by atoms with E-state index in [1.807, 2.05) is 24.3 Å². The number of allylic oxidation sites excluding steroid dienone is 1. The number of amides is 1. The van der Waals surface area contributed by atoms with Crippen LogP contribution >= 0.6 is 0 Å². The number of carbonyl (C=O) groups is 1. The van der Waals surface area contributed by atoms with E-state index in [9.17, 15) is 30.4 Å². The number of hydrogen-bond acceptors (Lipinski definition) is 15. The summed E-state index contributed by atoms with van der Waals surface area (Å²) >= 11 is 0. The first-order valence-electron chi connectivity index (χ1n) is 23.4. The number of carbonyl (C=O) groups excluding carboxylic acids is 1. The number of nitrogens with zero attached hydrogens (tertiary/aromatic N) is 4. The van der Waals surface area contributed by atoms with Crippen LogP contribution in [0, 0.1) is 38.0 Å². The van der Waals surface area contributed by atoms with Gasteiger partial charge >= 0.3 is 6.09 Å². The van der Waals surface area contributed by atoms with Gasteiger partial charge in [0.05, 0.1) is 28.1 Å². The molecule has 1 amide bonds. The van der Waals surface area contributed by atoms with E-state index < -0.39 is 33.7 Å². The number of ether oxygens (including phenoxy) is 6. The van der Waals surface area contributed by atoms with Crippen LogP contribution in [0.1, 0.15) is 67.6 Å². The number of aliphatic hydroxyl groups excluding tert-OH is 2. The van der Waals surface area contributed by atoms with E-state index >= 15 is 4.79 Å². The number of fused-ring (bicyclic) bond motifs is 3. The molecule has 4 aliphatic rings. The summed E-state index contributed by atoms with van der Waals surface area (Å²) in [5.41, 5.74) is 3.13. The van der Waals surface area contributed by atoms with Crippen LogP contribution in [-0.4, -0.2) is 81.8 Å². The number of hydrogen-bond donors (Lipinski definition) is 2. The lowest BCUT2D eigenvalue weighted by Crippen LogP contribution is -2.70. The average molecular weight is 961 g/mol. The molecule has 0 bridgehead atoms. The average Bonchev–Trinajstić information content (AvgIpc) is 3.84. The van der Waals surface area contributed by atoms with Crippen LogP contribution in [0.2, 0.25) is 0 Å². The second-order valence-electron chi connectivity index (χ2n) is 17.5. The number of nitro benzene ring substituents is 2. The van der Waals surface area contributed by atoms with Gasteiger partial charge in [-0.1, -0.05) is 48.9 Å². The zero-order chi connectivity index (χ0) is 49.2. The molecule has 70 heavy (non-hydrogen) atoms. The number of nitro groups is 2. The largest absolute Gasteiger partial charge is 0.490 e. The van der Waals surface area contributed by atoms with Crippen molar-refractivity contribution >= 4 is 23.2 Å². The first-order valence-corrected chi connectivity index (χ1v) is 23.4. The van der Waals surface area contributed by atoms with Crippen LogP contribution in [0.4, 0.5) is 16.2 Å². The smallest absolute Gasteiger partial charge is 0.416 e. The SMILES string of the molecule is C=CCOc1ccc2c(c1)[C@H]1[C@H](CCCCO)[C@@H](CCCCO)C=C3C(=NOCc4ccc([N+](=O)[O-])cc4)C[C@H](N(Cc4ccc5c(c4)OCO5)C(=O)Oc4ccc([N+](=O)[O-])cc4)[C@@](OCC=C)(O2)[C@H]31. The Labute approximate surface area is 404 Å². The Morgan fingerprint density at radius 3 is 2.17 bits per heavy atom. The number of oxime groups is 1. The fourth-order valence-corrected chi connectivity index (χ4v) is 10.1. The third-order valence-electron chi connectivity index (χ3n) is 13.2. The molecule has 1 fully saturated rings. The minimum absolute atomic E-state index is 0.000767. The Morgan fingerprint density at radius 1 is 0.814 bits per heavy atom. The van der Waals surface area contributed by atoms with Crippen molar-refractivity contribution in [2.24, 2.45) is 22.9 Å². The van der Waals surface area contributed by atoms with Crippen molar-refractivity contribution in [2.45, 2.75) is 75.8 Å². The molecule has 18 heteroatoms. The molecule has 2 N–H and O–H groups in total. The normalized spacial score (nSPS) is 22.1. The number of aliphatic hydroxyl groups is 2. The van der Waals surface area contributed by atoms with Gasteiger partial charge in [-0.05, 0) is 109 Å². The molecular formula is C52H56N4O14. The number of rotatable bonds is 23. The molecule has 0 spiro atoms. The molecule has 0 aromatic heterocycles. The van der Waals surface area contributed by atoms with E-state index in [0.29, 0.717) is 65.5 Å². The van der Waals surface area contributed by atoms with E-state index in [2.05, 4.69) is 19.2 Å². The van der Waals surface area contributed by atoms with Crippen molar-refractivity contribution in [1.29, 1.82) is 0 Å². The quantitative estimate of drug-likeness (QED) is 0.0306. The van der Waals surface area contributed by atoms with Crippen molar-refractivity contribution in [3.63, 3.8) is 0 Å². The lowest BCUT2D eigenvalue weighted by atomic mass is 9.55. The van der Waals surface area contributed by atoms with Crippen molar-refractivity contribution in [2.75, 3.05) is 33.2 Å². The summed E-state index contributed by atoms with van der Waals surface area (Å²) < 4.78 is 38.1. The Morgan fingerprint density at radius 2 is 1.47 bits per heavy atom. The molecule has 0 saturated heterocycles. The second-order valence-corrected chi connectivity index (χ2v) is 17.5. The monoisotopic (exact) mass is 960 g/mol. The third kappa shape index (κ3) is 10.6. The molecule has 0 unspecified atom stereocenters. The van der Waals surface area contributed by atoms with Gasteiger partial charge in [0.25, 0.3) is 11.4 Å². The Bertz CT molecular complexity index is 2600. The van der Waals surface area contributed by atoms with Crippen molar-refractivity contribution in [3.05, 3.63) is 159 Å². The highest BCUT2D eigenvalue weighted by Gasteiger charge is 2.66. The van der Waals surface area contributed by atoms with Crippen LogP contribution in [0.3, 0.4) is 0 Å². The van der Waals surface area contributed by atoms with E-state index in [4.69, 9.17) is 38.4 Å². The van der Waals surface area contributed by atoms with Crippen molar-refractivity contribution in [1.82, 2.24) is 4.90 Å². The van der Waals surface area contributed by atoms with E-state index in [-0.39, 0.29) is 87.7 Å². The Hall–Kier alpha value is -7.28. The summed E-state index contributed by atoms with van der Waals surface area (Å²) in [5.74, 6) is -0.708. The zero-order valence-electron chi connectivity index (χ0n) is 38.6. The predicted octanol–water partition coefficient (Wildman–Crippen LogP) is 9.33. The topological polar surface area (TPSA) is 224 Å². The summed E-state index contributed by atoms with van der Waals surface area (Å²) in [6.45, 7) is 8.05. The summed E-state index contributed by atoms with van der Waals surface area (Å²) in [6, 6.07) is 21.1. The van der Waals surface area contributed by atoms with Crippen LogP contribution in [0.25, 0.3) is 0 Å². The van der Waals surface area contributed by atoms with E-state index in [1.54, 1.807) is 36.4 Å². The van der Waals surface area contributed by atoms with Crippen LogP contribution in [0.15, 0.2) is 127 Å². The number of non-ortho nitro benzene ring substituents is 2. The maximum absolute atomic E-state index is 15.2. The number of unbranched alkanes of at least 4 members (excludes halogenated alkanes) is 2. The summed E-state index contributed by atoms with van der Waals surface area (Å²) in [4.78, 5) is 44.9. The van der Waals surface area contributed by atoms with Gasteiger partial charge in [0.15, 0.2) is 11.5 Å². The van der Waals surface area contributed by atoms with Gasteiger partial charge in [0, 0.05) is 61.9 Å². The first kappa shape index (κ1) is 49.2. The Balaban J connectivity index is 1.33. The van der Waals surface area contributed by atoms with Crippen molar-refractivity contribution in [3.8, 4) is 28.7 Å². The minimum atomic E-state index is -1.67. The highest BCUT2D eigenvalue weighted by atomic mass is 16.7. The molecule has 1 saturated carbocycles. The maximum atomic E-state index is 15.2. The Kier molecular flexibility index (Phi) is 15.8. The van der Waals surface area contributed by atoms with Gasteiger partial charge in [-0.3, -0.25) is 25.1 Å². The summed E-state index contributed by atoms with van der Waals surface area (Å²) in [5, 5.41) is 47.9. The van der Waals surface area contributed by atoms with Gasteiger partial charge in [-0.15, -0.1) is 6.58 Å². The fraction of sp³-hybridized carbons (Fsp3) is 0.385. The van der Waals surface area contributed by atoms with Gasteiger partial charge in [0.2, 0.25) is 12.6 Å². The molecule has 8 rings (SSSR count). The van der Waals surface area contributed by atoms with Crippen LogP contribution < -0.4 is 23.7 Å². The second kappa shape index (κ2) is 22.4. The molecule has 2 heterocycles. The molecular weight excluding hydrogens is 905 g/mol. The molecule has 4 aromatic rings. The summed E-state index contributed by atoms with van der Waals surface area (Å²) in [6.07, 6.45) is 8.67. The standard InChI is InChI=1S/C52H56N4O14/c1-3-25-64-40-20-22-45-43(29-40)49-41(10-6-8-24-58)36(9-5-7-23-57)28-42-44(53-68-32-34-11-14-37(15-12-34)55(60)61)30-48(52(70-45,50(42)49)67-26-4-2)54(31-35-13-21-46-47(27-35)66-33-65-46)51(59)69-39-18-16-38(17-19-39)56(62)63/h3-4,11-22,27-29,36,41,48-50,57-58H,1-2,5-10,23-26,30-33H2/t36-,41+,48-,49+,50+,52+/m0/s1. The minimum Gasteiger partial charge on any atom is -0.490 e. The first-order chi connectivity index (χ1) is 34.1. The van der Waals surface area contributed by atoms with Crippen LogP contribution in [-0.2, 0) is 22.7 Å². The lowest BCUT2D eigenvalue weighted by Gasteiger charge is -2.59. The number of benzene rings is 4. The van der Waals surface area contributed by atoms with Gasteiger partial charge in [-0.25, -0.2) is 4.79 Å². The predicted molar refractivity (Wildman–Crippen MR) is 256 cm³/mol. The van der Waals surface area contributed by atoms with Crippen molar-refractivity contribution < 1.29 is 58.1 Å². The molecule has 2 aliphatic heterocycles. The van der Waals surface area contributed by atoms with Gasteiger partial charge < -0.3 is 43.5 Å². The fourth-order valence-electron chi connectivity index (χ4n) is 10.1.